The summed E-state index contributed by atoms with van der Waals surface area (Å²) in [6.45, 7) is 3.87. The van der Waals surface area contributed by atoms with Gasteiger partial charge >= 0.3 is 5.97 Å². The van der Waals surface area contributed by atoms with E-state index in [1.54, 1.807) is 0 Å². The number of nitrogens with one attached hydrogen (secondary N) is 1. The number of amides is 1. The van der Waals surface area contributed by atoms with Crippen molar-refractivity contribution in [2.75, 3.05) is 18.7 Å². The molecule has 0 aliphatic rings. The van der Waals surface area contributed by atoms with Crippen LogP contribution in [0.3, 0.4) is 0 Å². The number of sulfone groups is 1. The van der Waals surface area contributed by atoms with Crippen molar-refractivity contribution in [3.05, 3.63) is 23.8 Å². The SMILES string of the molecule is COC(=O)c1cc(NC(=O)[C@@H](N)CC(C)C)cc(S(C)(=O)=O)c1.Cl. The summed E-state index contributed by atoms with van der Waals surface area (Å²) in [6, 6.07) is 3.10. The third kappa shape index (κ3) is 6.46. The molecule has 0 aliphatic carbocycles. The fourth-order valence-electron chi connectivity index (χ4n) is 1.97. The van der Waals surface area contributed by atoms with Crippen LogP contribution >= 0.6 is 12.4 Å². The number of ether oxygens (including phenoxy) is 1. The third-order valence-electron chi connectivity index (χ3n) is 3.09. The first-order valence-corrected chi connectivity index (χ1v) is 8.93. The van der Waals surface area contributed by atoms with E-state index in [2.05, 4.69) is 10.1 Å². The molecule has 0 bridgehead atoms. The Hall–Kier alpha value is -1.64. The normalized spacial score (nSPS) is 12.2. The average molecular weight is 379 g/mol. The molecule has 1 rings (SSSR count). The van der Waals surface area contributed by atoms with E-state index in [4.69, 9.17) is 5.73 Å². The Labute approximate surface area is 148 Å². The molecule has 1 amide bonds. The first-order chi connectivity index (χ1) is 10.5. The van der Waals surface area contributed by atoms with Gasteiger partial charge in [0.25, 0.3) is 0 Å². The Bertz CT molecular complexity index is 704. The topological polar surface area (TPSA) is 116 Å². The lowest BCUT2D eigenvalue weighted by Gasteiger charge is -2.15. The summed E-state index contributed by atoms with van der Waals surface area (Å²) in [4.78, 5) is 23.6. The van der Waals surface area contributed by atoms with Crippen LogP contribution in [0, 0.1) is 5.92 Å². The molecule has 0 saturated carbocycles. The van der Waals surface area contributed by atoms with Gasteiger partial charge in [-0.15, -0.1) is 12.4 Å². The number of rotatable bonds is 6. The van der Waals surface area contributed by atoms with E-state index in [0.717, 1.165) is 6.26 Å². The van der Waals surface area contributed by atoms with Gasteiger partial charge in [-0.1, -0.05) is 13.8 Å². The molecule has 9 heteroatoms. The summed E-state index contributed by atoms with van der Waals surface area (Å²) in [5, 5.41) is 2.54. The Morgan fingerprint density at radius 2 is 1.83 bits per heavy atom. The summed E-state index contributed by atoms with van der Waals surface area (Å²) in [7, 11) is -2.37. The molecule has 7 nitrogen and oxygen atoms in total. The molecule has 0 unspecified atom stereocenters. The van der Waals surface area contributed by atoms with E-state index in [1.165, 1.54) is 25.3 Å². The van der Waals surface area contributed by atoms with Crippen LogP contribution in [0.1, 0.15) is 30.6 Å². The lowest BCUT2D eigenvalue weighted by atomic mass is 10.0. The molecule has 1 aromatic rings. The Kier molecular flexibility index (Phi) is 8.39. The fourth-order valence-corrected chi connectivity index (χ4v) is 2.65. The van der Waals surface area contributed by atoms with Gasteiger partial charge in [-0.3, -0.25) is 4.79 Å². The zero-order valence-electron chi connectivity index (χ0n) is 14.0. The quantitative estimate of drug-likeness (QED) is 0.726. The number of hydrogen-bond donors (Lipinski definition) is 2. The smallest absolute Gasteiger partial charge is 0.337 e. The minimum Gasteiger partial charge on any atom is -0.465 e. The van der Waals surface area contributed by atoms with E-state index in [1.807, 2.05) is 13.8 Å². The van der Waals surface area contributed by atoms with Gasteiger partial charge in [0, 0.05) is 11.9 Å². The van der Waals surface area contributed by atoms with Crippen molar-refractivity contribution >= 4 is 39.8 Å². The predicted octanol–water partition coefficient (Wildman–Crippen LogP) is 1.61. The molecule has 0 heterocycles. The number of hydrogen-bond acceptors (Lipinski definition) is 6. The van der Waals surface area contributed by atoms with Crippen molar-refractivity contribution in [2.24, 2.45) is 11.7 Å². The number of methoxy groups -OCH3 is 1. The van der Waals surface area contributed by atoms with Crippen LogP contribution in [-0.4, -0.2) is 39.7 Å². The zero-order valence-corrected chi connectivity index (χ0v) is 15.7. The maximum Gasteiger partial charge on any atom is 0.337 e. The number of carbonyl (C=O) groups excluding carboxylic acids is 2. The van der Waals surface area contributed by atoms with Crippen LogP contribution in [-0.2, 0) is 19.4 Å². The van der Waals surface area contributed by atoms with Crippen LogP contribution in [0.15, 0.2) is 23.1 Å². The van der Waals surface area contributed by atoms with E-state index < -0.39 is 27.8 Å². The molecule has 1 aromatic carbocycles. The van der Waals surface area contributed by atoms with Crippen molar-refractivity contribution in [3.63, 3.8) is 0 Å². The summed E-state index contributed by atoms with van der Waals surface area (Å²) < 4.78 is 28.0. The van der Waals surface area contributed by atoms with Gasteiger partial charge in [-0.2, -0.15) is 0 Å². The molecule has 0 aromatic heterocycles. The zero-order chi connectivity index (χ0) is 17.8. The Morgan fingerprint density at radius 3 is 2.29 bits per heavy atom. The Morgan fingerprint density at radius 1 is 1.25 bits per heavy atom. The van der Waals surface area contributed by atoms with Gasteiger partial charge in [0.05, 0.1) is 23.6 Å². The van der Waals surface area contributed by atoms with Crippen LogP contribution in [0.4, 0.5) is 5.69 Å². The molecule has 136 valence electrons. The summed E-state index contributed by atoms with van der Waals surface area (Å²) >= 11 is 0. The Balaban J connectivity index is 0.00000529. The van der Waals surface area contributed by atoms with Crippen molar-refractivity contribution in [2.45, 2.75) is 31.2 Å². The largest absolute Gasteiger partial charge is 0.465 e. The number of halogens is 1. The second kappa shape index (κ2) is 9.00. The third-order valence-corrected chi connectivity index (χ3v) is 4.18. The molecular weight excluding hydrogens is 356 g/mol. The van der Waals surface area contributed by atoms with E-state index in [9.17, 15) is 18.0 Å². The van der Waals surface area contributed by atoms with E-state index >= 15 is 0 Å². The molecule has 24 heavy (non-hydrogen) atoms. The highest BCUT2D eigenvalue weighted by molar-refractivity contribution is 7.90. The standard InChI is InChI=1S/C15H22N2O5S.ClH/c1-9(2)5-13(16)14(18)17-11-6-10(15(19)22-3)7-12(8-11)23(4,20)21;/h6-9,13H,5,16H2,1-4H3,(H,17,18);1H/t13-;/m0./s1. The van der Waals surface area contributed by atoms with Crippen molar-refractivity contribution in [1.82, 2.24) is 0 Å². The highest BCUT2D eigenvalue weighted by Crippen LogP contribution is 2.20. The van der Waals surface area contributed by atoms with Crippen LogP contribution in [0.5, 0.6) is 0 Å². The van der Waals surface area contributed by atoms with E-state index in [0.29, 0.717) is 6.42 Å². The lowest BCUT2D eigenvalue weighted by Crippen LogP contribution is -2.36. The fraction of sp³-hybridized carbons (Fsp3) is 0.467. The van der Waals surface area contributed by atoms with Crippen LogP contribution in [0.2, 0.25) is 0 Å². The number of benzene rings is 1. The molecule has 0 radical (unpaired) electrons. The molecule has 1 atom stereocenters. The first kappa shape index (κ1) is 22.4. The molecule has 0 aliphatic heterocycles. The summed E-state index contributed by atoms with van der Waals surface area (Å²) in [6.07, 6.45) is 1.50. The molecule has 3 N–H and O–H groups in total. The summed E-state index contributed by atoms with van der Waals surface area (Å²) in [5.41, 5.74) is 6.00. The lowest BCUT2D eigenvalue weighted by molar-refractivity contribution is -0.117. The van der Waals surface area contributed by atoms with Gasteiger partial charge in [0.1, 0.15) is 0 Å². The minimum absolute atomic E-state index is 0. The number of nitrogens with two attached hydrogens (primary N) is 1. The van der Waals surface area contributed by atoms with Gasteiger partial charge in [0.2, 0.25) is 5.91 Å². The van der Waals surface area contributed by atoms with Crippen molar-refractivity contribution in [3.8, 4) is 0 Å². The highest BCUT2D eigenvalue weighted by Gasteiger charge is 2.18. The predicted molar refractivity (Wildman–Crippen MR) is 94.2 cm³/mol. The van der Waals surface area contributed by atoms with Gasteiger partial charge in [-0.25, -0.2) is 13.2 Å². The highest BCUT2D eigenvalue weighted by atomic mass is 35.5. The monoisotopic (exact) mass is 378 g/mol. The number of anilines is 1. The van der Waals surface area contributed by atoms with Gasteiger partial charge in [-0.05, 0) is 30.5 Å². The van der Waals surface area contributed by atoms with Crippen LogP contribution in [0.25, 0.3) is 0 Å². The average Bonchev–Trinajstić information content (AvgIpc) is 2.44. The summed E-state index contributed by atoms with van der Waals surface area (Å²) in [5.74, 6) is -0.902. The molecular formula is C15H23ClN2O5S. The van der Waals surface area contributed by atoms with Crippen molar-refractivity contribution in [1.29, 1.82) is 0 Å². The van der Waals surface area contributed by atoms with Gasteiger partial charge in [0.15, 0.2) is 9.84 Å². The first-order valence-electron chi connectivity index (χ1n) is 7.04. The number of esters is 1. The second-order valence-electron chi connectivity index (χ2n) is 5.74. The van der Waals surface area contributed by atoms with Crippen LogP contribution < -0.4 is 11.1 Å². The maximum absolute atomic E-state index is 12.1. The molecule has 0 spiro atoms. The molecule has 0 fully saturated rings. The minimum atomic E-state index is -3.55. The number of carbonyl (C=O) groups is 2. The second-order valence-corrected chi connectivity index (χ2v) is 7.75. The maximum atomic E-state index is 12.1. The van der Waals surface area contributed by atoms with E-state index in [-0.39, 0.29) is 34.5 Å². The van der Waals surface area contributed by atoms with Gasteiger partial charge < -0.3 is 15.8 Å². The van der Waals surface area contributed by atoms with Crippen molar-refractivity contribution < 1.29 is 22.7 Å². The molecule has 0 saturated heterocycles.